The summed E-state index contributed by atoms with van der Waals surface area (Å²) < 4.78 is 63.8. The number of aromatic nitrogens is 3. The Balaban J connectivity index is 1.86. The molecule has 2 heterocycles. The maximum absolute atomic E-state index is 12.8. The van der Waals surface area contributed by atoms with Crippen LogP contribution in [0, 0.1) is 0 Å². The first-order chi connectivity index (χ1) is 15.7. The van der Waals surface area contributed by atoms with Crippen LogP contribution in [0.25, 0.3) is 11.3 Å². The lowest BCUT2D eigenvalue weighted by molar-refractivity contribution is -0.274. The lowest BCUT2D eigenvalue weighted by atomic mass is 10.1. The fourth-order valence-corrected chi connectivity index (χ4v) is 3.68. The Morgan fingerprint density at radius 2 is 2.09 bits per heavy atom. The molecule has 0 bridgehead atoms. The van der Waals surface area contributed by atoms with Crippen LogP contribution >= 0.6 is 0 Å². The van der Waals surface area contributed by atoms with E-state index in [-0.39, 0.29) is 22.8 Å². The number of alkyl halides is 3. The van der Waals surface area contributed by atoms with Crippen LogP contribution in [0.4, 0.5) is 18.0 Å². The second-order valence-corrected chi connectivity index (χ2v) is 8.03. The molecular weight excluding hydrogens is 461 g/mol. The van der Waals surface area contributed by atoms with Crippen molar-refractivity contribution in [1.82, 2.24) is 19.3 Å². The Hall–Kier alpha value is -3.25. The molecule has 0 aliphatic heterocycles. The maximum atomic E-state index is 12.8. The second-order valence-electron chi connectivity index (χ2n) is 6.85. The largest absolute Gasteiger partial charge is 0.588 e. The van der Waals surface area contributed by atoms with Gasteiger partial charge < -0.3 is 18.6 Å². The molecule has 33 heavy (non-hydrogen) atoms. The SMILES string of the molecule is CCCCOC(=O)N[S+]([O-])c1ccc(OC(F)(F)F)cc1-c1ccc(Cn2ccnc2)cn1. The van der Waals surface area contributed by atoms with Gasteiger partial charge in [0.25, 0.3) is 0 Å². The highest BCUT2D eigenvalue weighted by Gasteiger charge is 2.32. The van der Waals surface area contributed by atoms with Crippen molar-refractivity contribution >= 4 is 17.5 Å². The molecule has 0 aliphatic rings. The van der Waals surface area contributed by atoms with E-state index in [0.717, 1.165) is 24.1 Å². The molecule has 0 aliphatic carbocycles. The average Bonchev–Trinajstić information content (AvgIpc) is 3.26. The van der Waals surface area contributed by atoms with Gasteiger partial charge in [-0.3, -0.25) is 4.98 Å². The number of nitrogens with zero attached hydrogens (tertiary/aromatic N) is 3. The standard InChI is InChI=1S/C21H21F3N4O4S/c1-2-3-10-31-20(29)27-33(30)19-7-5-16(32-21(22,23)24)11-17(19)18-6-4-15(12-26-18)13-28-9-8-25-14-28/h4-9,11-12,14H,2-3,10,13H2,1H3,(H,27,29). The van der Waals surface area contributed by atoms with Crippen LogP contribution in [-0.4, -0.2) is 38.2 Å². The summed E-state index contributed by atoms with van der Waals surface area (Å²) in [6.45, 7) is 2.57. The summed E-state index contributed by atoms with van der Waals surface area (Å²) in [5.74, 6) is -0.506. The third-order valence-corrected chi connectivity index (χ3v) is 5.42. The van der Waals surface area contributed by atoms with Crippen LogP contribution < -0.4 is 9.46 Å². The molecule has 0 radical (unpaired) electrons. The quantitative estimate of drug-likeness (QED) is 0.357. The molecule has 0 fully saturated rings. The van der Waals surface area contributed by atoms with Gasteiger partial charge in [0.2, 0.25) is 0 Å². The molecule has 1 amide bonds. The molecule has 1 unspecified atom stereocenters. The zero-order valence-corrected chi connectivity index (χ0v) is 18.4. The van der Waals surface area contributed by atoms with Gasteiger partial charge in [0.1, 0.15) is 17.1 Å². The van der Waals surface area contributed by atoms with Crippen LogP contribution in [0.15, 0.2) is 60.1 Å². The number of pyridine rings is 1. The van der Waals surface area contributed by atoms with E-state index in [1.54, 1.807) is 37.1 Å². The Morgan fingerprint density at radius 1 is 1.27 bits per heavy atom. The first-order valence-electron chi connectivity index (χ1n) is 9.91. The van der Waals surface area contributed by atoms with Gasteiger partial charge in [-0.05, 0) is 30.2 Å². The number of ether oxygens (including phenoxy) is 2. The molecule has 0 saturated carbocycles. The summed E-state index contributed by atoms with van der Waals surface area (Å²) in [5.41, 5.74) is 1.18. The van der Waals surface area contributed by atoms with Gasteiger partial charge >= 0.3 is 12.5 Å². The van der Waals surface area contributed by atoms with E-state index in [1.165, 1.54) is 6.07 Å². The van der Waals surface area contributed by atoms with Crippen molar-refractivity contribution in [2.75, 3.05) is 6.61 Å². The first-order valence-corrected chi connectivity index (χ1v) is 11.1. The van der Waals surface area contributed by atoms with E-state index < -0.39 is 29.6 Å². The third kappa shape index (κ3) is 7.39. The highest BCUT2D eigenvalue weighted by atomic mass is 32.2. The highest BCUT2D eigenvalue weighted by Crippen LogP contribution is 2.32. The lowest BCUT2D eigenvalue weighted by Crippen LogP contribution is -2.31. The Morgan fingerprint density at radius 3 is 2.73 bits per heavy atom. The Labute approximate surface area is 191 Å². The van der Waals surface area contributed by atoms with E-state index in [1.807, 2.05) is 11.5 Å². The molecular formula is C21H21F3N4O4S. The predicted octanol–water partition coefficient (Wildman–Crippen LogP) is 4.44. The third-order valence-electron chi connectivity index (χ3n) is 4.32. The number of rotatable bonds is 9. The number of imidazole rings is 1. The van der Waals surface area contributed by atoms with E-state index >= 15 is 0 Å². The molecule has 1 atom stereocenters. The van der Waals surface area contributed by atoms with Crippen molar-refractivity contribution in [2.45, 2.75) is 37.6 Å². The van der Waals surface area contributed by atoms with Crippen LogP contribution in [0.3, 0.4) is 0 Å². The number of carbonyl (C=O) groups is 1. The lowest BCUT2D eigenvalue weighted by Gasteiger charge is -2.16. The monoisotopic (exact) mass is 482 g/mol. The number of nitrogens with one attached hydrogen (secondary N) is 1. The average molecular weight is 482 g/mol. The zero-order valence-electron chi connectivity index (χ0n) is 17.5. The Kier molecular flexibility index (Phi) is 8.17. The van der Waals surface area contributed by atoms with Gasteiger partial charge in [0.05, 0.1) is 24.2 Å². The van der Waals surface area contributed by atoms with Gasteiger partial charge in [-0.2, -0.15) is 0 Å². The molecule has 3 aromatic rings. The minimum absolute atomic E-state index is 0.0480. The first kappa shape index (κ1) is 24.4. The number of carbonyl (C=O) groups excluding carboxylic acids is 1. The molecule has 0 spiro atoms. The summed E-state index contributed by atoms with van der Waals surface area (Å²) in [4.78, 5) is 20.2. The van der Waals surface area contributed by atoms with E-state index in [0.29, 0.717) is 13.0 Å². The summed E-state index contributed by atoms with van der Waals surface area (Å²) in [5, 5.41) is 0. The predicted molar refractivity (Wildman–Crippen MR) is 113 cm³/mol. The highest BCUT2D eigenvalue weighted by molar-refractivity contribution is 7.90. The topological polar surface area (TPSA) is 101 Å². The van der Waals surface area contributed by atoms with Crippen LogP contribution in [0.2, 0.25) is 0 Å². The maximum Gasteiger partial charge on any atom is 0.573 e. The number of unbranched alkanes of at least 4 members (excludes halogenated alkanes) is 1. The molecule has 1 N–H and O–H groups in total. The van der Waals surface area contributed by atoms with Crippen LogP contribution in [-0.2, 0) is 22.6 Å². The second kappa shape index (κ2) is 11.1. The molecule has 2 aromatic heterocycles. The van der Waals surface area contributed by atoms with Crippen molar-refractivity contribution < 1.29 is 32.0 Å². The molecule has 1 aromatic carbocycles. The minimum Gasteiger partial charge on any atom is -0.588 e. The number of amides is 1. The number of hydrogen-bond donors (Lipinski definition) is 1. The van der Waals surface area contributed by atoms with Gasteiger partial charge in [-0.25, -0.2) is 9.78 Å². The van der Waals surface area contributed by atoms with Gasteiger partial charge in [0, 0.05) is 31.2 Å². The van der Waals surface area contributed by atoms with Crippen molar-refractivity contribution in [3.8, 4) is 17.0 Å². The van der Waals surface area contributed by atoms with Crippen LogP contribution in [0.5, 0.6) is 5.75 Å². The summed E-state index contributed by atoms with van der Waals surface area (Å²) >= 11 is -2.11. The number of halogens is 3. The molecule has 8 nitrogen and oxygen atoms in total. The molecule has 176 valence electrons. The summed E-state index contributed by atoms with van der Waals surface area (Å²) in [7, 11) is 0. The Bertz CT molecular complexity index is 1050. The molecule has 0 saturated heterocycles. The molecule has 3 rings (SSSR count). The normalized spacial score (nSPS) is 12.3. The smallest absolute Gasteiger partial charge is 0.573 e. The number of benzene rings is 1. The zero-order chi connectivity index (χ0) is 23.8. The summed E-state index contributed by atoms with van der Waals surface area (Å²) in [6.07, 6.45) is 2.25. The van der Waals surface area contributed by atoms with E-state index in [2.05, 4.69) is 19.4 Å². The van der Waals surface area contributed by atoms with Crippen molar-refractivity contribution in [2.24, 2.45) is 0 Å². The van der Waals surface area contributed by atoms with Crippen molar-refractivity contribution in [3.63, 3.8) is 0 Å². The van der Waals surface area contributed by atoms with E-state index in [9.17, 15) is 22.5 Å². The fraction of sp³-hybridized carbons (Fsp3) is 0.286. The van der Waals surface area contributed by atoms with Crippen molar-refractivity contribution in [1.29, 1.82) is 0 Å². The van der Waals surface area contributed by atoms with Gasteiger partial charge in [-0.1, -0.05) is 19.4 Å². The van der Waals surface area contributed by atoms with Crippen molar-refractivity contribution in [3.05, 3.63) is 60.8 Å². The summed E-state index contributed by atoms with van der Waals surface area (Å²) in [6, 6.07) is 6.59. The van der Waals surface area contributed by atoms with Gasteiger partial charge in [0.15, 0.2) is 4.90 Å². The molecule has 12 heteroatoms. The minimum atomic E-state index is -4.90. The number of hydrogen-bond acceptors (Lipinski definition) is 6. The van der Waals surface area contributed by atoms with Gasteiger partial charge in [-0.15, -0.1) is 17.9 Å². The fourth-order valence-electron chi connectivity index (χ4n) is 2.81. The van der Waals surface area contributed by atoms with E-state index in [4.69, 9.17) is 4.74 Å². The van der Waals surface area contributed by atoms with Crippen LogP contribution in [0.1, 0.15) is 25.3 Å².